The minimum absolute atomic E-state index is 0.0810. The zero-order chi connectivity index (χ0) is 15.1. The lowest BCUT2D eigenvalue weighted by Crippen LogP contribution is -2.20. The van der Waals surface area contributed by atoms with Gasteiger partial charge in [-0.15, -0.1) is 0 Å². The van der Waals surface area contributed by atoms with Crippen LogP contribution >= 0.6 is 0 Å². The fourth-order valence-electron chi connectivity index (χ4n) is 1.78. The number of hydrogen-bond acceptors (Lipinski definition) is 4. The number of amides is 1. The molecule has 110 valence electrons. The summed E-state index contributed by atoms with van der Waals surface area (Å²) in [6.07, 6.45) is 0. The first-order chi connectivity index (χ1) is 10.2. The molecule has 0 bridgehead atoms. The molecule has 0 unspecified atom stereocenters. The number of hydrogen-bond donors (Lipinski definition) is 2. The summed E-state index contributed by atoms with van der Waals surface area (Å²) < 4.78 is 10.7. The first-order valence-corrected chi connectivity index (χ1v) is 6.68. The van der Waals surface area contributed by atoms with Crippen LogP contribution in [-0.4, -0.2) is 19.1 Å². The molecule has 0 radical (unpaired) electrons. The highest BCUT2D eigenvalue weighted by atomic mass is 16.5. The SMILES string of the molecule is CCOc1cccc(NC(=O)COc2cccc(N)c2)c1. The first kappa shape index (κ1) is 14.7. The zero-order valence-electron chi connectivity index (χ0n) is 11.8. The summed E-state index contributed by atoms with van der Waals surface area (Å²) in [4.78, 5) is 11.8. The molecule has 5 nitrogen and oxygen atoms in total. The van der Waals surface area contributed by atoms with Gasteiger partial charge in [-0.3, -0.25) is 4.79 Å². The van der Waals surface area contributed by atoms with E-state index in [4.69, 9.17) is 15.2 Å². The largest absolute Gasteiger partial charge is 0.494 e. The lowest BCUT2D eigenvalue weighted by atomic mass is 10.3. The summed E-state index contributed by atoms with van der Waals surface area (Å²) in [6.45, 7) is 2.41. The smallest absolute Gasteiger partial charge is 0.262 e. The lowest BCUT2D eigenvalue weighted by molar-refractivity contribution is -0.118. The molecule has 0 saturated carbocycles. The van der Waals surface area contributed by atoms with E-state index in [-0.39, 0.29) is 12.5 Å². The van der Waals surface area contributed by atoms with E-state index in [0.29, 0.717) is 29.5 Å². The summed E-state index contributed by atoms with van der Waals surface area (Å²) >= 11 is 0. The molecular weight excluding hydrogens is 268 g/mol. The molecule has 0 aromatic heterocycles. The van der Waals surface area contributed by atoms with E-state index < -0.39 is 0 Å². The zero-order valence-corrected chi connectivity index (χ0v) is 11.8. The molecule has 21 heavy (non-hydrogen) atoms. The van der Waals surface area contributed by atoms with Gasteiger partial charge in [-0.1, -0.05) is 12.1 Å². The number of carbonyl (C=O) groups is 1. The van der Waals surface area contributed by atoms with Crippen LogP contribution < -0.4 is 20.5 Å². The van der Waals surface area contributed by atoms with Gasteiger partial charge in [0, 0.05) is 23.5 Å². The van der Waals surface area contributed by atoms with Gasteiger partial charge in [-0.05, 0) is 31.2 Å². The van der Waals surface area contributed by atoms with Crippen molar-refractivity contribution in [3.05, 3.63) is 48.5 Å². The van der Waals surface area contributed by atoms with Crippen molar-refractivity contribution in [2.24, 2.45) is 0 Å². The second kappa shape index (κ2) is 7.19. The monoisotopic (exact) mass is 286 g/mol. The van der Waals surface area contributed by atoms with E-state index >= 15 is 0 Å². The van der Waals surface area contributed by atoms with E-state index in [2.05, 4.69) is 5.32 Å². The number of nitrogens with two attached hydrogens (primary N) is 1. The predicted molar refractivity (Wildman–Crippen MR) is 82.6 cm³/mol. The topological polar surface area (TPSA) is 73.6 Å². The maximum atomic E-state index is 11.8. The maximum Gasteiger partial charge on any atom is 0.262 e. The van der Waals surface area contributed by atoms with Gasteiger partial charge in [0.2, 0.25) is 0 Å². The fourth-order valence-corrected chi connectivity index (χ4v) is 1.78. The van der Waals surface area contributed by atoms with Gasteiger partial charge in [0.15, 0.2) is 6.61 Å². The number of nitrogens with one attached hydrogen (secondary N) is 1. The molecule has 2 aromatic rings. The number of benzene rings is 2. The van der Waals surface area contributed by atoms with E-state index in [1.807, 2.05) is 19.1 Å². The van der Waals surface area contributed by atoms with Crippen LogP contribution in [0.15, 0.2) is 48.5 Å². The first-order valence-electron chi connectivity index (χ1n) is 6.68. The van der Waals surface area contributed by atoms with E-state index in [9.17, 15) is 4.79 Å². The summed E-state index contributed by atoms with van der Waals surface area (Å²) in [5, 5.41) is 2.75. The van der Waals surface area contributed by atoms with Crippen molar-refractivity contribution in [3.8, 4) is 11.5 Å². The fraction of sp³-hybridized carbons (Fsp3) is 0.188. The lowest BCUT2D eigenvalue weighted by Gasteiger charge is -2.09. The van der Waals surface area contributed by atoms with Gasteiger partial charge in [0.25, 0.3) is 5.91 Å². The van der Waals surface area contributed by atoms with E-state index in [1.54, 1.807) is 36.4 Å². The van der Waals surface area contributed by atoms with Gasteiger partial charge >= 0.3 is 0 Å². The van der Waals surface area contributed by atoms with Crippen molar-refractivity contribution in [2.75, 3.05) is 24.3 Å². The Hall–Kier alpha value is -2.69. The molecule has 2 rings (SSSR count). The third-order valence-corrected chi connectivity index (χ3v) is 2.66. The van der Waals surface area contributed by atoms with Crippen LogP contribution in [0.5, 0.6) is 11.5 Å². The summed E-state index contributed by atoms with van der Waals surface area (Å²) in [5.41, 5.74) is 6.90. The van der Waals surface area contributed by atoms with Crippen LogP contribution in [0.25, 0.3) is 0 Å². The van der Waals surface area contributed by atoms with Crippen molar-refractivity contribution in [2.45, 2.75) is 6.92 Å². The highest BCUT2D eigenvalue weighted by Crippen LogP contribution is 2.18. The van der Waals surface area contributed by atoms with Crippen LogP contribution in [0, 0.1) is 0 Å². The average Bonchev–Trinajstić information content (AvgIpc) is 2.46. The molecule has 5 heteroatoms. The second-order valence-corrected chi connectivity index (χ2v) is 4.37. The third-order valence-electron chi connectivity index (χ3n) is 2.66. The molecule has 0 spiro atoms. The Morgan fingerprint density at radius 1 is 1.10 bits per heavy atom. The Kier molecular flexibility index (Phi) is 5.04. The van der Waals surface area contributed by atoms with Gasteiger partial charge in [0.1, 0.15) is 11.5 Å². The van der Waals surface area contributed by atoms with Gasteiger partial charge in [0.05, 0.1) is 6.61 Å². The molecule has 0 heterocycles. The quantitative estimate of drug-likeness (QED) is 0.801. The van der Waals surface area contributed by atoms with Crippen molar-refractivity contribution < 1.29 is 14.3 Å². The summed E-state index contributed by atoms with van der Waals surface area (Å²) in [6, 6.07) is 14.2. The molecule has 0 fully saturated rings. The van der Waals surface area contributed by atoms with Gasteiger partial charge < -0.3 is 20.5 Å². The van der Waals surface area contributed by atoms with Crippen LogP contribution in [-0.2, 0) is 4.79 Å². The Labute approximate surface area is 123 Å². The molecule has 0 aliphatic rings. The maximum absolute atomic E-state index is 11.8. The van der Waals surface area contributed by atoms with Crippen molar-refractivity contribution in [1.82, 2.24) is 0 Å². The van der Waals surface area contributed by atoms with Crippen LogP contribution in [0.3, 0.4) is 0 Å². The molecule has 0 aliphatic heterocycles. The van der Waals surface area contributed by atoms with Crippen molar-refractivity contribution >= 4 is 17.3 Å². The second-order valence-electron chi connectivity index (χ2n) is 4.37. The number of rotatable bonds is 6. The standard InChI is InChI=1S/C16H18N2O3/c1-2-20-15-8-4-6-13(10-15)18-16(19)11-21-14-7-3-5-12(17)9-14/h3-10H,2,11,17H2,1H3,(H,18,19). The average molecular weight is 286 g/mol. The Balaban J connectivity index is 1.88. The number of anilines is 2. The summed E-state index contributed by atoms with van der Waals surface area (Å²) in [5.74, 6) is 1.03. The van der Waals surface area contributed by atoms with Gasteiger partial charge in [-0.2, -0.15) is 0 Å². The summed E-state index contributed by atoms with van der Waals surface area (Å²) in [7, 11) is 0. The minimum Gasteiger partial charge on any atom is -0.494 e. The predicted octanol–water partition coefficient (Wildman–Crippen LogP) is 2.68. The molecular formula is C16H18N2O3. The van der Waals surface area contributed by atoms with Crippen LogP contribution in [0.4, 0.5) is 11.4 Å². The van der Waals surface area contributed by atoms with Crippen LogP contribution in [0.2, 0.25) is 0 Å². The number of carbonyl (C=O) groups excluding carboxylic acids is 1. The van der Waals surface area contributed by atoms with Crippen molar-refractivity contribution in [3.63, 3.8) is 0 Å². The highest BCUT2D eigenvalue weighted by Gasteiger charge is 2.05. The Bertz CT molecular complexity index is 614. The van der Waals surface area contributed by atoms with Gasteiger partial charge in [-0.25, -0.2) is 0 Å². The molecule has 0 saturated heterocycles. The van der Waals surface area contributed by atoms with Crippen LogP contribution in [0.1, 0.15) is 6.92 Å². The minimum atomic E-state index is -0.244. The molecule has 3 N–H and O–H groups in total. The molecule has 2 aromatic carbocycles. The normalized spacial score (nSPS) is 9.95. The van der Waals surface area contributed by atoms with Crippen molar-refractivity contribution in [1.29, 1.82) is 0 Å². The van der Waals surface area contributed by atoms with E-state index in [0.717, 1.165) is 0 Å². The Morgan fingerprint density at radius 3 is 2.52 bits per heavy atom. The number of ether oxygens (including phenoxy) is 2. The van der Waals surface area contributed by atoms with E-state index in [1.165, 1.54) is 0 Å². The molecule has 0 atom stereocenters. The molecule has 1 amide bonds. The highest BCUT2D eigenvalue weighted by molar-refractivity contribution is 5.92. The Morgan fingerprint density at radius 2 is 1.81 bits per heavy atom. The molecule has 0 aliphatic carbocycles. The number of nitrogen functional groups attached to an aromatic ring is 1. The third kappa shape index (κ3) is 4.72.